The molecular formula is C19H14BrFN4O3S2. The molecule has 0 saturated heterocycles. The molecule has 11 heteroatoms. The van der Waals surface area contributed by atoms with E-state index in [1.54, 1.807) is 35.4 Å². The number of anilines is 1. The zero-order valence-corrected chi connectivity index (χ0v) is 18.6. The molecule has 4 aromatic rings. The normalized spacial score (nSPS) is 11.4. The molecule has 0 amide bonds. The van der Waals surface area contributed by atoms with Gasteiger partial charge in [0.15, 0.2) is 16.7 Å². The van der Waals surface area contributed by atoms with Gasteiger partial charge in [-0.1, -0.05) is 15.9 Å². The second-order valence-corrected chi connectivity index (χ2v) is 9.61. The van der Waals surface area contributed by atoms with E-state index in [2.05, 4.69) is 30.7 Å². The number of benzene rings is 2. The molecule has 0 spiro atoms. The van der Waals surface area contributed by atoms with E-state index in [9.17, 15) is 12.8 Å². The summed E-state index contributed by atoms with van der Waals surface area (Å²) in [5, 5.41) is 5.98. The van der Waals surface area contributed by atoms with Gasteiger partial charge in [-0.15, -0.1) is 11.3 Å². The van der Waals surface area contributed by atoms with Crippen molar-refractivity contribution in [3.63, 3.8) is 0 Å². The molecule has 2 aromatic carbocycles. The van der Waals surface area contributed by atoms with Crippen LogP contribution in [0.4, 0.5) is 9.52 Å². The second kappa shape index (κ2) is 8.17. The van der Waals surface area contributed by atoms with Crippen LogP contribution in [0, 0.1) is 5.82 Å². The molecule has 0 saturated carbocycles. The molecular weight excluding hydrogens is 495 g/mol. The first-order valence-electron chi connectivity index (χ1n) is 8.51. The molecule has 0 unspecified atom stereocenters. The molecule has 0 radical (unpaired) electrons. The Bertz CT molecular complexity index is 1310. The molecule has 4 rings (SSSR count). The van der Waals surface area contributed by atoms with Gasteiger partial charge >= 0.3 is 0 Å². The van der Waals surface area contributed by atoms with Crippen molar-refractivity contribution in [2.24, 2.45) is 7.05 Å². The fourth-order valence-electron chi connectivity index (χ4n) is 2.73. The maximum Gasteiger partial charge on any atom is 0.263 e. The minimum Gasteiger partial charge on any atom is -0.454 e. The number of nitrogens with zero attached hydrogens (tertiary/aromatic N) is 3. The summed E-state index contributed by atoms with van der Waals surface area (Å²) in [5.74, 6) is -0.512. The molecule has 0 atom stereocenters. The average Bonchev–Trinajstić information content (AvgIpc) is 3.35. The topological polar surface area (TPSA) is 86.1 Å². The summed E-state index contributed by atoms with van der Waals surface area (Å²) in [6.07, 6.45) is 3.12. The van der Waals surface area contributed by atoms with Gasteiger partial charge in [-0.3, -0.25) is 9.40 Å². The number of rotatable bonds is 6. The molecule has 2 aromatic heterocycles. The highest BCUT2D eigenvalue weighted by Gasteiger charge is 2.19. The molecule has 30 heavy (non-hydrogen) atoms. The van der Waals surface area contributed by atoms with Gasteiger partial charge in [-0.25, -0.2) is 17.8 Å². The molecule has 0 aliphatic heterocycles. The molecule has 154 valence electrons. The first kappa shape index (κ1) is 20.5. The highest BCUT2D eigenvalue weighted by atomic mass is 79.9. The van der Waals surface area contributed by atoms with Crippen LogP contribution in [0.25, 0.3) is 11.3 Å². The third kappa shape index (κ3) is 4.23. The van der Waals surface area contributed by atoms with E-state index < -0.39 is 15.8 Å². The molecule has 0 fully saturated rings. The van der Waals surface area contributed by atoms with Gasteiger partial charge < -0.3 is 4.74 Å². The van der Waals surface area contributed by atoms with Crippen molar-refractivity contribution in [2.75, 3.05) is 4.72 Å². The van der Waals surface area contributed by atoms with Gasteiger partial charge in [-0.05, 0) is 42.5 Å². The van der Waals surface area contributed by atoms with Crippen LogP contribution in [0.3, 0.4) is 0 Å². The van der Waals surface area contributed by atoms with Crippen molar-refractivity contribution in [1.29, 1.82) is 0 Å². The lowest BCUT2D eigenvalue weighted by Crippen LogP contribution is -2.13. The minimum atomic E-state index is -3.97. The molecule has 0 bridgehead atoms. The van der Waals surface area contributed by atoms with Gasteiger partial charge in [-0.2, -0.15) is 5.10 Å². The Morgan fingerprint density at radius 2 is 1.93 bits per heavy atom. The van der Waals surface area contributed by atoms with Crippen LogP contribution in [0.1, 0.15) is 0 Å². The fraction of sp³-hybridized carbons (Fsp3) is 0.0526. The maximum absolute atomic E-state index is 14.7. The summed E-state index contributed by atoms with van der Waals surface area (Å²) in [7, 11) is -2.18. The standard InChI is InChI=1S/C19H14BrFN4O3S2/c1-25-16(6-7-23-25)14-10-12(20)2-4-17(14)28-18-5-3-13(11-15(18)21)30(26,27)24-19-22-8-9-29-19/h2-11H,1H3,(H,22,24). The summed E-state index contributed by atoms with van der Waals surface area (Å²) in [6.45, 7) is 0. The predicted molar refractivity (Wildman–Crippen MR) is 116 cm³/mol. The number of nitrogens with one attached hydrogen (secondary N) is 1. The van der Waals surface area contributed by atoms with E-state index in [-0.39, 0.29) is 15.8 Å². The number of ether oxygens (including phenoxy) is 1. The van der Waals surface area contributed by atoms with E-state index in [0.29, 0.717) is 11.3 Å². The Hall–Kier alpha value is -2.76. The van der Waals surface area contributed by atoms with Crippen LogP contribution < -0.4 is 9.46 Å². The molecule has 2 heterocycles. The lowest BCUT2D eigenvalue weighted by atomic mass is 10.1. The Kier molecular flexibility index (Phi) is 5.58. The monoisotopic (exact) mass is 508 g/mol. The lowest BCUT2D eigenvalue weighted by molar-refractivity contribution is 0.441. The van der Waals surface area contributed by atoms with E-state index in [0.717, 1.165) is 27.6 Å². The smallest absolute Gasteiger partial charge is 0.263 e. The minimum absolute atomic E-state index is 0.103. The van der Waals surface area contributed by atoms with Crippen molar-refractivity contribution in [3.8, 4) is 22.8 Å². The molecule has 1 N–H and O–H groups in total. The van der Waals surface area contributed by atoms with Crippen LogP contribution in [-0.4, -0.2) is 23.2 Å². The average molecular weight is 509 g/mol. The van der Waals surface area contributed by atoms with Crippen LogP contribution in [0.15, 0.2) is 69.6 Å². The number of hydrogen-bond acceptors (Lipinski definition) is 6. The van der Waals surface area contributed by atoms with Crippen molar-refractivity contribution in [1.82, 2.24) is 14.8 Å². The van der Waals surface area contributed by atoms with Crippen LogP contribution in [0.5, 0.6) is 11.5 Å². The highest BCUT2D eigenvalue weighted by molar-refractivity contribution is 9.10. The van der Waals surface area contributed by atoms with E-state index in [1.165, 1.54) is 18.3 Å². The number of sulfonamides is 1. The third-order valence-corrected chi connectivity index (χ3v) is 6.77. The summed E-state index contributed by atoms with van der Waals surface area (Å²) >= 11 is 4.55. The van der Waals surface area contributed by atoms with E-state index in [1.807, 2.05) is 12.1 Å². The predicted octanol–water partition coefficient (Wildman–Crippen LogP) is 5.04. The number of hydrogen-bond donors (Lipinski definition) is 1. The summed E-state index contributed by atoms with van der Waals surface area (Å²) in [5.41, 5.74) is 1.48. The van der Waals surface area contributed by atoms with Crippen LogP contribution >= 0.6 is 27.3 Å². The first-order chi connectivity index (χ1) is 14.3. The summed E-state index contributed by atoms with van der Waals surface area (Å²) in [4.78, 5) is 3.64. The molecule has 0 aliphatic rings. The van der Waals surface area contributed by atoms with E-state index >= 15 is 0 Å². The van der Waals surface area contributed by atoms with Crippen molar-refractivity contribution in [2.45, 2.75) is 4.90 Å². The Morgan fingerprint density at radius 1 is 1.13 bits per heavy atom. The number of halogens is 2. The molecule has 0 aliphatic carbocycles. The van der Waals surface area contributed by atoms with Crippen molar-refractivity contribution in [3.05, 3.63) is 70.5 Å². The van der Waals surface area contributed by atoms with Gasteiger partial charge in [0, 0.05) is 34.9 Å². The molecule has 7 nitrogen and oxygen atoms in total. The SMILES string of the molecule is Cn1nccc1-c1cc(Br)ccc1Oc1ccc(S(=O)(=O)Nc2nccs2)cc1F. The third-order valence-electron chi connectivity index (χ3n) is 4.13. The summed E-state index contributed by atoms with van der Waals surface area (Å²) in [6, 6.07) is 10.6. The zero-order valence-electron chi connectivity index (χ0n) is 15.4. The largest absolute Gasteiger partial charge is 0.454 e. The summed E-state index contributed by atoms with van der Waals surface area (Å²) < 4.78 is 50.2. The first-order valence-corrected chi connectivity index (χ1v) is 11.7. The van der Waals surface area contributed by atoms with Crippen LogP contribution in [-0.2, 0) is 17.1 Å². The Labute approximate surface area is 184 Å². The zero-order chi connectivity index (χ0) is 21.3. The fourth-order valence-corrected chi connectivity index (χ4v) is 4.89. The quantitative estimate of drug-likeness (QED) is 0.394. The van der Waals surface area contributed by atoms with E-state index in [4.69, 9.17) is 4.74 Å². The lowest BCUT2D eigenvalue weighted by Gasteiger charge is -2.13. The number of aryl methyl sites for hydroxylation is 1. The Morgan fingerprint density at radius 3 is 2.60 bits per heavy atom. The van der Waals surface area contributed by atoms with Gasteiger partial charge in [0.25, 0.3) is 10.0 Å². The van der Waals surface area contributed by atoms with Gasteiger partial charge in [0.1, 0.15) is 5.75 Å². The highest BCUT2D eigenvalue weighted by Crippen LogP contribution is 2.36. The van der Waals surface area contributed by atoms with Crippen molar-refractivity contribution < 1.29 is 17.5 Å². The van der Waals surface area contributed by atoms with Crippen LogP contribution in [0.2, 0.25) is 0 Å². The second-order valence-electron chi connectivity index (χ2n) is 6.12. The number of thiazole rings is 1. The van der Waals surface area contributed by atoms with Gasteiger partial charge in [0.05, 0.1) is 10.6 Å². The maximum atomic E-state index is 14.7. The number of aromatic nitrogens is 3. The Balaban J connectivity index is 1.65. The van der Waals surface area contributed by atoms with Gasteiger partial charge in [0.2, 0.25) is 0 Å². The van der Waals surface area contributed by atoms with Crippen molar-refractivity contribution >= 4 is 42.4 Å².